The number of ether oxygens (including phenoxy) is 1. The second-order valence-electron chi connectivity index (χ2n) is 3.83. The lowest BCUT2D eigenvalue weighted by atomic mass is 10.2. The number of anilines is 1. The Morgan fingerprint density at radius 3 is 2.72 bits per heavy atom. The summed E-state index contributed by atoms with van der Waals surface area (Å²) in [5.41, 5.74) is 7.33. The fraction of sp³-hybridized carbons (Fsp3) is 0.0714. The van der Waals surface area contributed by atoms with Crippen molar-refractivity contribution in [2.75, 3.05) is 5.73 Å². The quantitative estimate of drug-likeness (QED) is 0.665. The number of carbonyl (C=O) groups is 1. The Hall–Kier alpha value is -2.36. The van der Waals surface area contributed by atoms with E-state index in [4.69, 9.17) is 10.5 Å². The van der Waals surface area contributed by atoms with Crippen molar-refractivity contribution < 1.29 is 13.9 Å². The Balaban J connectivity index is 2.08. The van der Waals surface area contributed by atoms with Gasteiger partial charge in [0.05, 0.1) is 5.69 Å². The maximum Gasteiger partial charge on any atom is 0.150 e. The normalized spacial score (nSPS) is 10.1. The molecule has 0 unspecified atom stereocenters. The minimum atomic E-state index is -0.305. The summed E-state index contributed by atoms with van der Waals surface area (Å²) in [7, 11) is 0. The number of carbonyl (C=O) groups excluding carboxylic acids is 1. The number of benzene rings is 2. The first-order chi connectivity index (χ1) is 8.69. The Kier molecular flexibility index (Phi) is 3.57. The van der Waals surface area contributed by atoms with Crippen molar-refractivity contribution in [2.45, 2.75) is 6.61 Å². The monoisotopic (exact) mass is 245 g/mol. The summed E-state index contributed by atoms with van der Waals surface area (Å²) in [6.07, 6.45) is 0.715. The van der Waals surface area contributed by atoms with Crippen LogP contribution in [0.1, 0.15) is 15.9 Å². The molecule has 0 saturated carbocycles. The molecule has 2 aromatic carbocycles. The van der Waals surface area contributed by atoms with Crippen LogP contribution < -0.4 is 10.5 Å². The van der Waals surface area contributed by atoms with Crippen molar-refractivity contribution >= 4 is 12.0 Å². The molecule has 2 N–H and O–H groups in total. The lowest BCUT2D eigenvalue weighted by Gasteiger charge is -2.09. The van der Waals surface area contributed by atoms with Gasteiger partial charge in [-0.1, -0.05) is 12.1 Å². The number of nitrogen functional groups attached to an aromatic ring is 1. The van der Waals surface area contributed by atoms with Crippen molar-refractivity contribution in [1.29, 1.82) is 0 Å². The molecule has 4 heteroatoms. The van der Waals surface area contributed by atoms with Gasteiger partial charge in [-0.15, -0.1) is 0 Å². The SMILES string of the molecule is Nc1cc(C=O)ccc1OCc1cccc(F)c1. The highest BCUT2D eigenvalue weighted by Gasteiger charge is 2.03. The molecule has 0 bridgehead atoms. The fourth-order valence-electron chi connectivity index (χ4n) is 1.56. The lowest BCUT2D eigenvalue weighted by molar-refractivity contribution is 0.112. The van der Waals surface area contributed by atoms with E-state index in [1.165, 1.54) is 18.2 Å². The van der Waals surface area contributed by atoms with Crippen LogP contribution in [-0.2, 0) is 6.61 Å². The predicted octanol–water partition coefficient (Wildman–Crippen LogP) is 2.80. The van der Waals surface area contributed by atoms with E-state index in [-0.39, 0.29) is 12.4 Å². The maximum atomic E-state index is 13.0. The van der Waals surface area contributed by atoms with E-state index in [2.05, 4.69) is 0 Å². The zero-order valence-electron chi connectivity index (χ0n) is 9.60. The van der Waals surface area contributed by atoms with Gasteiger partial charge in [-0.2, -0.15) is 0 Å². The zero-order chi connectivity index (χ0) is 13.0. The van der Waals surface area contributed by atoms with Crippen LogP contribution in [0.3, 0.4) is 0 Å². The van der Waals surface area contributed by atoms with Gasteiger partial charge in [0, 0.05) is 5.56 Å². The molecule has 2 rings (SSSR count). The summed E-state index contributed by atoms with van der Waals surface area (Å²) >= 11 is 0. The first kappa shape index (κ1) is 12.1. The van der Waals surface area contributed by atoms with Crippen LogP contribution in [0, 0.1) is 5.82 Å². The zero-order valence-corrected chi connectivity index (χ0v) is 9.60. The fourth-order valence-corrected chi connectivity index (χ4v) is 1.56. The van der Waals surface area contributed by atoms with E-state index in [0.29, 0.717) is 28.8 Å². The second kappa shape index (κ2) is 5.31. The third kappa shape index (κ3) is 2.85. The van der Waals surface area contributed by atoms with Crippen molar-refractivity contribution in [3.05, 3.63) is 59.4 Å². The van der Waals surface area contributed by atoms with Gasteiger partial charge in [0.2, 0.25) is 0 Å². The number of halogens is 1. The summed E-state index contributed by atoms with van der Waals surface area (Å²) in [6, 6.07) is 10.9. The molecule has 0 aliphatic rings. The maximum absolute atomic E-state index is 13.0. The molecule has 0 fully saturated rings. The molecule has 3 nitrogen and oxygen atoms in total. The largest absolute Gasteiger partial charge is 0.487 e. The van der Waals surface area contributed by atoms with E-state index >= 15 is 0 Å². The third-order valence-corrected chi connectivity index (χ3v) is 2.45. The Morgan fingerprint density at radius 1 is 1.22 bits per heavy atom. The molecule has 0 saturated heterocycles. The number of hydrogen-bond donors (Lipinski definition) is 1. The molecule has 92 valence electrons. The summed E-state index contributed by atoms with van der Waals surface area (Å²) in [5, 5.41) is 0. The van der Waals surface area contributed by atoms with Crippen LogP contribution in [-0.4, -0.2) is 6.29 Å². The highest BCUT2D eigenvalue weighted by atomic mass is 19.1. The average Bonchev–Trinajstić information content (AvgIpc) is 2.37. The van der Waals surface area contributed by atoms with Crippen molar-refractivity contribution in [1.82, 2.24) is 0 Å². The van der Waals surface area contributed by atoms with E-state index in [1.54, 1.807) is 24.3 Å². The molecule has 18 heavy (non-hydrogen) atoms. The molecule has 0 radical (unpaired) electrons. The molecule has 0 aliphatic carbocycles. The lowest BCUT2D eigenvalue weighted by Crippen LogP contribution is -1.99. The van der Waals surface area contributed by atoms with Gasteiger partial charge in [0.15, 0.2) is 0 Å². The van der Waals surface area contributed by atoms with Gasteiger partial charge in [0.25, 0.3) is 0 Å². The van der Waals surface area contributed by atoms with Crippen molar-refractivity contribution in [3.8, 4) is 5.75 Å². The van der Waals surface area contributed by atoms with Crippen LogP contribution >= 0.6 is 0 Å². The van der Waals surface area contributed by atoms with Crippen LogP contribution in [0.4, 0.5) is 10.1 Å². The van der Waals surface area contributed by atoms with Gasteiger partial charge in [-0.25, -0.2) is 4.39 Å². The van der Waals surface area contributed by atoms with Gasteiger partial charge < -0.3 is 10.5 Å². The minimum Gasteiger partial charge on any atom is -0.487 e. The number of nitrogens with two attached hydrogens (primary N) is 1. The Morgan fingerprint density at radius 2 is 2.06 bits per heavy atom. The van der Waals surface area contributed by atoms with E-state index < -0.39 is 0 Å². The first-order valence-corrected chi connectivity index (χ1v) is 5.41. The summed E-state index contributed by atoms with van der Waals surface area (Å²) in [6.45, 7) is 0.225. The summed E-state index contributed by atoms with van der Waals surface area (Å²) in [5.74, 6) is 0.172. The van der Waals surface area contributed by atoms with Crippen LogP contribution in [0.5, 0.6) is 5.75 Å². The number of hydrogen-bond acceptors (Lipinski definition) is 3. The second-order valence-corrected chi connectivity index (χ2v) is 3.83. The molecule has 0 amide bonds. The molecule has 0 aliphatic heterocycles. The van der Waals surface area contributed by atoms with Gasteiger partial charge in [0.1, 0.15) is 24.5 Å². The molecule has 0 atom stereocenters. The van der Waals surface area contributed by atoms with E-state index in [1.807, 2.05) is 0 Å². The molecule has 0 heterocycles. The van der Waals surface area contributed by atoms with Crippen molar-refractivity contribution in [2.24, 2.45) is 0 Å². The molecular weight excluding hydrogens is 233 g/mol. The van der Waals surface area contributed by atoms with Gasteiger partial charge in [-0.3, -0.25) is 4.79 Å². The molecule has 0 spiro atoms. The first-order valence-electron chi connectivity index (χ1n) is 5.41. The summed E-state index contributed by atoms with van der Waals surface area (Å²) in [4.78, 5) is 10.5. The number of aldehydes is 1. The highest BCUT2D eigenvalue weighted by Crippen LogP contribution is 2.23. The van der Waals surface area contributed by atoms with Gasteiger partial charge >= 0.3 is 0 Å². The Bertz CT molecular complexity index is 569. The molecule has 2 aromatic rings. The predicted molar refractivity (Wildman–Crippen MR) is 67.0 cm³/mol. The standard InChI is InChI=1S/C14H12FNO2/c15-12-3-1-2-11(6-12)9-18-14-5-4-10(8-17)7-13(14)16/h1-8H,9,16H2. The third-order valence-electron chi connectivity index (χ3n) is 2.45. The van der Waals surface area contributed by atoms with Crippen molar-refractivity contribution in [3.63, 3.8) is 0 Å². The minimum absolute atomic E-state index is 0.225. The topological polar surface area (TPSA) is 52.3 Å². The van der Waals surface area contributed by atoms with Crippen LogP contribution in [0.25, 0.3) is 0 Å². The molecule has 0 aromatic heterocycles. The van der Waals surface area contributed by atoms with Crippen LogP contribution in [0.15, 0.2) is 42.5 Å². The molecular formula is C14H12FNO2. The number of rotatable bonds is 4. The summed E-state index contributed by atoms with van der Waals surface area (Å²) < 4.78 is 18.4. The highest BCUT2D eigenvalue weighted by molar-refractivity contribution is 5.78. The smallest absolute Gasteiger partial charge is 0.150 e. The van der Waals surface area contributed by atoms with E-state index in [0.717, 1.165) is 0 Å². The van der Waals surface area contributed by atoms with E-state index in [9.17, 15) is 9.18 Å². The van der Waals surface area contributed by atoms with Crippen LogP contribution in [0.2, 0.25) is 0 Å². The Labute approximate surface area is 104 Å². The van der Waals surface area contributed by atoms with Gasteiger partial charge in [-0.05, 0) is 35.9 Å². The average molecular weight is 245 g/mol.